The van der Waals surface area contributed by atoms with Gasteiger partial charge in [0.1, 0.15) is 5.75 Å². The van der Waals surface area contributed by atoms with Crippen LogP contribution >= 0.6 is 23.4 Å². The molecule has 4 nitrogen and oxygen atoms in total. The van der Waals surface area contributed by atoms with Crippen LogP contribution in [0, 0.1) is 0 Å². The number of nitrogens with zero attached hydrogens (tertiary/aromatic N) is 2. The van der Waals surface area contributed by atoms with E-state index in [1.165, 1.54) is 18.2 Å². The molecule has 150 valence electrons. The summed E-state index contributed by atoms with van der Waals surface area (Å²) in [5.74, 6) is 0.701. The Bertz CT molecular complexity index is 953. The predicted octanol–water partition coefficient (Wildman–Crippen LogP) is 6.29. The molecule has 29 heavy (non-hydrogen) atoms. The number of rotatable bonds is 4. The van der Waals surface area contributed by atoms with E-state index in [1.54, 1.807) is 13.2 Å². The lowest BCUT2D eigenvalue weighted by molar-refractivity contribution is -0.124. The number of methoxy groups -OCH3 is 1. The molecule has 1 saturated carbocycles. The number of thioether (sulfide) groups is 1. The minimum absolute atomic E-state index is 0.0126. The van der Waals surface area contributed by atoms with E-state index in [0.29, 0.717) is 15.7 Å². The Morgan fingerprint density at radius 3 is 2.62 bits per heavy atom. The highest BCUT2D eigenvalue weighted by molar-refractivity contribution is 8.18. The van der Waals surface area contributed by atoms with Crippen molar-refractivity contribution in [2.75, 3.05) is 7.11 Å². The van der Waals surface area contributed by atoms with Gasteiger partial charge in [0.25, 0.3) is 5.91 Å². The molecule has 2 fully saturated rings. The fourth-order valence-corrected chi connectivity index (χ4v) is 5.03. The lowest BCUT2D eigenvalue weighted by Gasteiger charge is -2.30. The van der Waals surface area contributed by atoms with Crippen LogP contribution in [0.2, 0.25) is 5.02 Å². The molecule has 1 amide bonds. The highest BCUT2D eigenvalue weighted by atomic mass is 35.5. The minimum atomic E-state index is 0.0126. The molecule has 4 rings (SSSR count). The van der Waals surface area contributed by atoms with Gasteiger partial charge in [0, 0.05) is 16.6 Å². The van der Waals surface area contributed by atoms with Crippen LogP contribution < -0.4 is 4.74 Å². The second-order valence-corrected chi connectivity index (χ2v) is 8.64. The molecule has 0 atom stereocenters. The van der Waals surface area contributed by atoms with Crippen molar-refractivity contribution < 1.29 is 9.53 Å². The van der Waals surface area contributed by atoms with Crippen LogP contribution in [0.5, 0.6) is 5.75 Å². The average Bonchev–Trinajstić information content (AvgIpc) is 3.04. The maximum absolute atomic E-state index is 13.4. The SMILES string of the molecule is COc1ccc(Cl)cc1/C=C1\SC(=Nc2ccccc2)N(C2CCCCC2)C1=O. The van der Waals surface area contributed by atoms with Crippen LogP contribution in [0.1, 0.15) is 37.7 Å². The second-order valence-electron chi connectivity index (χ2n) is 7.19. The first-order valence-corrected chi connectivity index (χ1v) is 11.1. The number of carbonyl (C=O) groups excluding carboxylic acids is 1. The molecule has 1 saturated heterocycles. The van der Waals surface area contributed by atoms with Gasteiger partial charge in [0.15, 0.2) is 5.17 Å². The number of aliphatic imine (C=N–C) groups is 1. The van der Waals surface area contributed by atoms with E-state index in [4.69, 9.17) is 21.3 Å². The Labute approximate surface area is 180 Å². The third-order valence-electron chi connectivity index (χ3n) is 5.24. The van der Waals surface area contributed by atoms with Crippen LogP contribution in [-0.4, -0.2) is 29.1 Å². The highest BCUT2D eigenvalue weighted by Crippen LogP contribution is 2.39. The van der Waals surface area contributed by atoms with Gasteiger partial charge < -0.3 is 4.74 Å². The van der Waals surface area contributed by atoms with Crippen LogP contribution in [-0.2, 0) is 4.79 Å². The van der Waals surface area contributed by atoms with E-state index in [2.05, 4.69) is 0 Å². The van der Waals surface area contributed by atoms with Gasteiger partial charge >= 0.3 is 0 Å². The van der Waals surface area contributed by atoms with Crippen LogP contribution in [0.3, 0.4) is 0 Å². The number of benzene rings is 2. The summed E-state index contributed by atoms with van der Waals surface area (Å²) in [4.78, 5) is 20.7. The Balaban J connectivity index is 1.73. The van der Waals surface area contributed by atoms with Crippen LogP contribution in [0.4, 0.5) is 5.69 Å². The van der Waals surface area contributed by atoms with Gasteiger partial charge in [-0.15, -0.1) is 0 Å². The summed E-state index contributed by atoms with van der Waals surface area (Å²) in [6.07, 6.45) is 7.44. The van der Waals surface area contributed by atoms with E-state index in [1.807, 2.05) is 53.4 Å². The Hall–Kier alpha value is -2.24. The predicted molar refractivity (Wildman–Crippen MR) is 121 cm³/mol. The number of hydrogen-bond acceptors (Lipinski definition) is 4. The summed E-state index contributed by atoms with van der Waals surface area (Å²) in [6, 6.07) is 15.4. The minimum Gasteiger partial charge on any atom is -0.496 e. The molecule has 2 aromatic carbocycles. The summed E-state index contributed by atoms with van der Waals surface area (Å²) in [6.45, 7) is 0. The maximum atomic E-state index is 13.4. The standard InChI is InChI=1S/C23H23ClN2O2S/c1-28-20-13-12-17(24)14-16(20)15-21-22(27)26(19-10-6-3-7-11-19)23(29-21)25-18-8-4-2-5-9-18/h2,4-5,8-9,12-15,19H,3,6-7,10-11H2,1H3/b21-15-,25-23?. The molecular formula is C23H23ClN2O2S. The van der Waals surface area contributed by atoms with Gasteiger partial charge in [-0.25, -0.2) is 4.99 Å². The molecule has 0 N–H and O–H groups in total. The molecule has 0 unspecified atom stereocenters. The fraction of sp³-hybridized carbons (Fsp3) is 0.304. The highest BCUT2D eigenvalue weighted by Gasteiger charge is 2.38. The number of hydrogen-bond donors (Lipinski definition) is 0. The van der Waals surface area contributed by atoms with Gasteiger partial charge in [0.05, 0.1) is 17.7 Å². The number of ether oxygens (including phenoxy) is 1. The number of para-hydroxylation sites is 1. The maximum Gasteiger partial charge on any atom is 0.267 e. The molecule has 2 aliphatic rings. The lowest BCUT2D eigenvalue weighted by Crippen LogP contribution is -2.40. The molecule has 1 aliphatic carbocycles. The quantitative estimate of drug-likeness (QED) is 0.540. The Kier molecular flexibility index (Phi) is 6.26. The molecule has 1 heterocycles. The molecule has 0 radical (unpaired) electrons. The van der Waals surface area contributed by atoms with E-state index >= 15 is 0 Å². The molecule has 0 bridgehead atoms. The zero-order chi connectivity index (χ0) is 20.2. The Morgan fingerprint density at radius 2 is 1.90 bits per heavy atom. The largest absolute Gasteiger partial charge is 0.496 e. The summed E-state index contributed by atoms with van der Waals surface area (Å²) in [5.41, 5.74) is 1.64. The first-order chi connectivity index (χ1) is 14.2. The Morgan fingerprint density at radius 1 is 1.14 bits per heavy atom. The van der Waals surface area contributed by atoms with E-state index in [9.17, 15) is 4.79 Å². The fourth-order valence-electron chi connectivity index (χ4n) is 3.80. The second kappa shape index (κ2) is 9.06. The van der Waals surface area contributed by atoms with E-state index < -0.39 is 0 Å². The van der Waals surface area contributed by atoms with Crippen molar-refractivity contribution in [1.82, 2.24) is 4.90 Å². The van der Waals surface area contributed by atoms with Crippen molar-refractivity contribution in [2.24, 2.45) is 4.99 Å². The molecule has 2 aromatic rings. The number of amidine groups is 1. The molecular weight excluding hydrogens is 404 g/mol. The van der Waals surface area contributed by atoms with Crippen molar-refractivity contribution in [3.63, 3.8) is 0 Å². The van der Waals surface area contributed by atoms with Crippen molar-refractivity contribution in [1.29, 1.82) is 0 Å². The van der Waals surface area contributed by atoms with Crippen LogP contribution in [0.15, 0.2) is 58.4 Å². The lowest BCUT2D eigenvalue weighted by atomic mass is 9.94. The molecule has 0 spiro atoms. The molecule has 1 aliphatic heterocycles. The van der Waals surface area contributed by atoms with Gasteiger partial charge in [-0.1, -0.05) is 49.1 Å². The van der Waals surface area contributed by atoms with Crippen molar-refractivity contribution in [3.8, 4) is 5.75 Å². The van der Waals surface area contributed by atoms with Gasteiger partial charge in [-0.2, -0.15) is 0 Å². The topological polar surface area (TPSA) is 41.9 Å². The normalized spacial score (nSPS) is 20.6. The summed E-state index contributed by atoms with van der Waals surface area (Å²) >= 11 is 7.60. The van der Waals surface area contributed by atoms with Crippen molar-refractivity contribution in [2.45, 2.75) is 38.1 Å². The smallest absolute Gasteiger partial charge is 0.267 e. The van der Waals surface area contributed by atoms with Gasteiger partial charge in [-0.3, -0.25) is 9.69 Å². The van der Waals surface area contributed by atoms with Crippen molar-refractivity contribution in [3.05, 3.63) is 64.0 Å². The van der Waals surface area contributed by atoms with Gasteiger partial charge in [-0.05, 0) is 61.0 Å². The third-order valence-corrected chi connectivity index (χ3v) is 6.45. The monoisotopic (exact) mass is 426 g/mol. The molecule has 0 aromatic heterocycles. The summed E-state index contributed by atoms with van der Waals surface area (Å²) in [5, 5.41) is 1.36. The molecule has 6 heteroatoms. The number of carbonyl (C=O) groups is 1. The van der Waals surface area contributed by atoms with Gasteiger partial charge in [0.2, 0.25) is 0 Å². The summed E-state index contributed by atoms with van der Waals surface area (Å²) in [7, 11) is 1.62. The van der Waals surface area contributed by atoms with E-state index in [0.717, 1.165) is 42.1 Å². The van der Waals surface area contributed by atoms with Crippen molar-refractivity contribution >= 4 is 46.2 Å². The average molecular weight is 427 g/mol. The first kappa shape index (κ1) is 20.0. The number of halogens is 1. The summed E-state index contributed by atoms with van der Waals surface area (Å²) < 4.78 is 5.44. The zero-order valence-electron chi connectivity index (χ0n) is 16.3. The number of amides is 1. The van der Waals surface area contributed by atoms with E-state index in [-0.39, 0.29) is 11.9 Å². The van der Waals surface area contributed by atoms with Crippen LogP contribution in [0.25, 0.3) is 6.08 Å². The third kappa shape index (κ3) is 4.51. The first-order valence-electron chi connectivity index (χ1n) is 9.86. The zero-order valence-corrected chi connectivity index (χ0v) is 17.9.